The van der Waals surface area contributed by atoms with E-state index in [2.05, 4.69) is 17.1 Å². The fraction of sp³-hybridized carbons (Fsp3) is 0.917. The summed E-state index contributed by atoms with van der Waals surface area (Å²) in [4.78, 5) is 13.8. The number of rotatable bonds is 2. The van der Waals surface area contributed by atoms with Crippen molar-refractivity contribution >= 4 is 22.9 Å². The quantitative estimate of drug-likeness (QED) is 0.843. The Morgan fingerprint density at radius 2 is 2.00 bits per heavy atom. The minimum Gasteiger partial charge on any atom is -0.337 e. The largest absolute Gasteiger partial charge is 0.337 e. The number of halogens is 1. The maximum Gasteiger partial charge on any atom is 0.236 e. The summed E-state index contributed by atoms with van der Waals surface area (Å²) in [5, 5.41) is 3.13. The van der Waals surface area contributed by atoms with Crippen molar-refractivity contribution in [1.82, 2.24) is 10.2 Å². The van der Waals surface area contributed by atoms with Crippen molar-refractivity contribution in [3.05, 3.63) is 0 Å². The van der Waals surface area contributed by atoms with Gasteiger partial charge in [0, 0.05) is 19.1 Å². The molecule has 1 atom stereocenters. The molecule has 0 radical (unpaired) electrons. The summed E-state index contributed by atoms with van der Waals surface area (Å²) in [7, 11) is 0. The summed E-state index contributed by atoms with van der Waals surface area (Å²) in [5.74, 6) is 1.04. The van der Waals surface area contributed by atoms with E-state index in [0.29, 0.717) is 18.5 Å². The second-order valence-electron chi connectivity index (χ2n) is 4.90. The van der Waals surface area contributed by atoms with Crippen LogP contribution in [0.15, 0.2) is 0 Å². The van der Waals surface area contributed by atoms with Gasteiger partial charge in [-0.15, -0.1) is 17.0 Å². The molecule has 4 heteroatoms. The van der Waals surface area contributed by atoms with E-state index in [1.807, 2.05) is 0 Å². The molecule has 0 aromatic carbocycles. The molecule has 0 aromatic rings. The molecule has 16 heavy (non-hydrogen) atoms. The van der Waals surface area contributed by atoms with Crippen LogP contribution in [-0.4, -0.2) is 36.5 Å². The van der Waals surface area contributed by atoms with Crippen LogP contribution in [0.5, 0.6) is 0 Å². The van der Waals surface area contributed by atoms with E-state index in [1.54, 1.807) is 0 Å². The summed E-state index contributed by atoms with van der Waals surface area (Å²) in [5.41, 5.74) is 0. The fourth-order valence-corrected chi connectivity index (χ4v) is 2.92. The van der Waals surface area contributed by atoms with Gasteiger partial charge in [0.1, 0.15) is 0 Å². The van der Waals surface area contributed by atoms with E-state index >= 15 is 0 Å². The molecular weight excluding hydrogens is 268 g/mol. The van der Waals surface area contributed by atoms with Gasteiger partial charge in [-0.25, -0.2) is 0 Å². The summed E-state index contributed by atoms with van der Waals surface area (Å²) < 4.78 is 0. The highest BCUT2D eigenvalue weighted by Crippen LogP contribution is 2.29. The smallest absolute Gasteiger partial charge is 0.236 e. The van der Waals surface area contributed by atoms with E-state index in [1.165, 1.54) is 32.1 Å². The molecule has 0 spiro atoms. The number of piperazine rings is 1. The number of nitrogens with one attached hydrogen (secondary N) is 1. The topological polar surface area (TPSA) is 32.3 Å². The van der Waals surface area contributed by atoms with Crippen LogP contribution in [0.4, 0.5) is 0 Å². The van der Waals surface area contributed by atoms with Crippen molar-refractivity contribution < 1.29 is 4.79 Å². The third kappa shape index (κ3) is 3.20. The summed E-state index contributed by atoms with van der Waals surface area (Å²) in [6.45, 7) is 4.63. The zero-order valence-corrected chi connectivity index (χ0v) is 11.8. The molecule has 94 valence electrons. The third-order valence-electron chi connectivity index (χ3n) is 3.95. The highest BCUT2D eigenvalue weighted by Gasteiger charge is 2.29. The summed E-state index contributed by atoms with van der Waals surface area (Å²) in [6.07, 6.45) is 6.74. The summed E-state index contributed by atoms with van der Waals surface area (Å²) >= 11 is 0. The Bertz CT molecular complexity index is 229. The Morgan fingerprint density at radius 3 is 2.62 bits per heavy atom. The van der Waals surface area contributed by atoms with Crippen LogP contribution in [0, 0.1) is 5.92 Å². The van der Waals surface area contributed by atoms with Crippen LogP contribution >= 0.6 is 17.0 Å². The first-order valence-electron chi connectivity index (χ1n) is 6.29. The Labute approximate surface area is 109 Å². The Morgan fingerprint density at radius 1 is 1.31 bits per heavy atom. The standard InChI is InChI=1S/C12H22N2O.BrH/c1-10(11-5-3-2-4-6-11)14-8-7-13-9-12(14)15;/h10-11,13H,2-9H2,1H3;1H. The molecule has 0 aromatic heterocycles. The molecule has 1 saturated heterocycles. The van der Waals surface area contributed by atoms with Crippen molar-refractivity contribution in [2.45, 2.75) is 45.1 Å². The van der Waals surface area contributed by atoms with Crippen molar-refractivity contribution in [3.8, 4) is 0 Å². The number of amides is 1. The predicted molar refractivity (Wildman–Crippen MR) is 70.9 cm³/mol. The van der Waals surface area contributed by atoms with Crippen LogP contribution in [-0.2, 0) is 4.79 Å². The van der Waals surface area contributed by atoms with Crippen molar-refractivity contribution in [3.63, 3.8) is 0 Å². The number of hydrogen-bond donors (Lipinski definition) is 1. The van der Waals surface area contributed by atoms with Crippen molar-refractivity contribution in [2.24, 2.45) is 5.92 Å². The van der Waals surface area contributed by atoms with Crippen LogP contribution in [0.3, 0.4) is 0 Å². The van der Waals surface area contributed by atoms with E-state index in [4.69, 9.17) is 0 Å². The lowest BCUT2D eigenvalue weighted by molar-refractivity contribution is -0.135. The van der Waals surface area contributed by atoms with Gasteiger partial charge in [-0.05, 0) is 25.7 Å². The van der Waals surface area contributed by atoms with Crippen LogP contribution in [0.2, 0.25) is 0 Å². The monoisotopic (exact) mass is 290 g/mol. The van der Waals surface area contributed by atoms with Gasteiger partial charge in [0.15, 0.2) is 0 Å². The highest BCUT2D eigenvalue weighted by molar-refractivity contribution is 8.93. The molecule has 1 amide bonds. The lowest BCUT2D eigenvalue weighted by Gasteiger charge is -2.38. The molecule has 2 aliphatic rings. The molecule has 1 aliphatic carbocycles. The molecule has 2 rings (SSSR count). The van der Waals surface area contributed by atoms with Gasteiger partial charge in [-0.1, -0.05) is 19.3 Å². The van der Waals surface area contributed by atoms with Gasteiger partial charge in [0.05, 0.1) is 6.54 Å². The fourth-order valence-electron chi connectivity index (χ4n) is 2.92. The number of hydrogen-bond acceptors (Lipinski definition) is 2. The lowest BCUT2D eigenvalue weighted by atomic mass is 9.84. The Kier molecular flexibility index (Phi) is 5.76. The first-order chi connectivity index (χ1) is 7.29. The first-order valence-corrected chi connectivity index (χ1v) is 6.29. The number of carbonyl (C=O) groups excluding carboxylic acids is 1. The normalized spacial score (nSPS) is 25.1. The minimum absolute atomic E-state index is 0. The maximum atomic E-state index is 11.7. The molecule has 1 saturated carbocycles. The third-order valence-corrected chi connectivity index (χ3v) is 3.95. The number of nitrogens with zero attached hydrogens (tertiary/aromatic N) is 1. The predicted octanol–water partition coefficient (Wildman–Crippen LogP) is 1.96. The highest BCUT2D eigenvalue weighted by atomic mass is 79.9. The van der Waals surface area contributed by atoms with Gasteiger partial charge >= 0.3 is 0 Å². The summed E-state index contributed by atoms with van der Waals surface area (Å²) in [6, 6.07) is 0.458. The lowest BCUT2D eigenvalue weighted by Crippen LogP contribution is -2.53. The SMILES string of the molecule is Br.CC(C1CCCCC1)N1CCNCC1=O. The van der Waals surface area contributed by atoms with E-state index in [0.717, 1.165) is 19.0 Å². The van der Waals surface area contributed by atoms with Crippen molar-refractivity contribution in [1.29, 1.82) is 0 Å². The van der Waals surface area contributed by atoms with Gasteiger partial charge < -0.3 is 10.2 Å². The second kappa shape index (κ2) is 6.60. The molecule has 0 bridgehead atoms. The molecule has 3 nitrogen and oxygen atoms in total. The molecule has 1 N–H and O–H groups in total. The Balaban J connectivity index is 0.00000128. The average molecular weight is 291 g/mol. The molecular formula is C12H23BrN2O. The zero-order valence-electron chi connectivity index (χ0n) is 10.1. The molecule has 1 aliphatic heterocycles. The first kappa shape index (κ1) is 14.0. The molecule has 1 heterocycles. The molecule has 2 fully saturated rings. The van der Waals surface area contributed by atoms with Crippen molar-refractivity contribution in [2.75, 3.05) is 19.6 Å². The maximum absolute atomic E-state index is 11.7. The van der Waals surface area contributed by atoms with Gasteiger partial charge in [0.2, 0.25) is 5.91 Å². The van der Waals surface area contributed by atoms with Gasteiger partial charge in [-0.3, -0.25) is 4.79 Å². The number of carbonyl (C=O) groups is 1. The minimum atomic E-state index is 0. The van der Waals surface area contributed by atoms with Crippen LogP contribution in [0.25, 0.3) is 0 Å². The Hall–Kier alpha value is -0.0900. The van der Waals surface area contributed by atoms with E-state index in [-0.39, 0.29) is 17.0 Å². The average Bonchev–Trinajstić information content (AvgIpc) is 2.30. The van der Waals surface area contributed by atoms with E-state index in [9.17, 15) is 4.79 Å². The molecule has 1 unspecified atom stereocenters. The van der Waals surface area contributed by atoms with Gasteiger partial charge in [0.25, 0.3) is 0 Å². The zero-order chi connectivity index (χ0) is 10.7. The van der Waals surface area contributed by atoms with E-state index < -0.39 is 0 Å². The van der Waals surface area contributed by atoms with Crippen LogP contribution in [0.1, 0.15) is 39.0 Å². The second-order valence-corrected chi connectivity index (χ2v) is 4.90. The van der Waals surface area contributed by atoms with Gasteiger partial charge in [-0.2, -0.15) is 0 Å². The van der Waals surface area contributed by atoms with Crippen LogP contribution < -0.4 is 5.32 Å².